The molecular formula is C33H37N3O7. The number of hydrogen-bond acceptors (Lipinski definition) is 8. The van der Waals surface area contributed by atoms with E-state index >= 15 is 0 Å². The first kappa shape index (κ1) is 29.9. The van der Waals surface area contributed by atoms with Crippen LogP contribution in [0.4, 0.5) is 5.69 Å². The van der Waals surface area contributed by atoms with Crippen molar-refractivity contribution in [2.45, 2.75) is 31.9 Å². The number of amides is 2. The number of hydrogen-bond donors (Lipinski definition) is 2. The predicted octanol–water partition coefficient (Wildman–Crippen LogP) is 3.88. The summed E-state index contributed by atoms with van der Waals surface area (Å²) in [4.78, 5) is 40.7. The Labute approximate surface area is 250 Å². The van der Waals surface area contributed by atoms with Crippen molar-refractivity contribution in [3.63, 3.8) is 0 Å². The Kier molecular flexibility index (Phi) is 9.16. The van der Waals surface area contributed by atoms with Crippen LogP contribution in [0, 0.1) is 0 Å². The van der Waals surface area contributed by atoms with Crippen LogP contribution in [0.2, 0.25) is 0 Å². The van der Waals surface area contributed by atoms with Gasteiger partial charge < -0.3 is 34.5 Å². The maximum atomic E-state index is 13.6. The molecule has 2 atom stereocenters. The van der Waals surface area contributed by atoms with Crippen LogP contribution in [-0.4, -0.2) is 64.3 Å². The monoisotopic (exact) mass is 587 g/mol. The summed E-state index contributed by atoms with van der Waals surface area (Å²) in [7, 11) is 4.67. The molecule has 3 aromatic rings. The van der Waals surface area contributed by atoms with E-state index in [-0.39, 0.29) is 35.6 Å². The van der Waals surface area contributed by atoms with Gasteiger partial charge in [0.2, 0.25) is 23.0 Å². The minimum Gasteiger partial charge on any atom is -0.493 e. The average Bonchev–Trinajstić information content (AvgIpc) is 3.27. The van der Waals surface area contributed by atoms with Gasteiger partial charge in [-0.15, -0.1) is 0 Å². The second-order valence-electron chi connectivity index (χ2n) is 10.6. The average molecular weight is 588 g/mol. The Balaban J connectivity index is 1.48. The van der Waals surface area contributed by atoms with Crippen LogP contribution in [0.3, 0.4) is 0 Å². The minimum atomic E-state index is -0.417. The molecule has 0 aromatic heterocycles. The lowest BCUT2D eigenvalue weighted by Gasteiger charge is -2.33. The van der Waals surface area contributed by atoms with E-state index < -0.39 is 6.04 Å². The molecule has 2 amide bonds. The van der Waals surface area contributed by atoms with Gasteiger partial charge in [0.1, 0.15) is 6.10 Å². The van der Waals surface area contributed by atoms with E-state index in [1.165, 1.54) is 13.0 Å². The predicted molar refractivity (Wildman–Crippen MR) is 163 cm³/mol. The third kappa shape index (κ3) is 6.29. The maximum absolute atomic E-state index is 13.6. The lowest BCUT2D eigenvalue weighted by molar-refractivity contribution is -0.137. The van der Waals surface area contributed by atoms with Gasteiger partial charge in [-0.1, -0.05) is 36.4 Å². The molecule has 43 heavy (non-hydrogen) atoms. The quantitative estimate of drug-likeness (QED) is 0.408. The molecule has 2 N–H and O–H groups in total. The molecule has 1 aliphatic heterocycles. The van der Waals surface area contributed by atoms with E-state index in [1.54, 1.807) is 32.3 Å². The number of anilines is 1. The number of carbonyl (C=O) groups excluding carboxylic acids is 2. The molecule has 5 rings (SSSR count). The molecule has 1 saturated heterocycles. The summed E-state index contributed by atoms with van der Waals surface area (Å²) in [6, 6.07) is 16.4. The van der Waals surface area contributed by atoms with Gasteiger partial charge in [0.25, 0.3) is 0 Å². The number of benzene rings is 2. The molecule has 1 heterocycles. The fourth-order valence-electron chi connectivity index (χ4n) is 5.88. The number of aryl methyl sites for hydroxylation is 1. The van der Waals surface area contributed by atoms with Gasteiger partial charge in [-0.2, -0.15) is 0 Å². The van der Waals surface area contributed by atoms with E-state index in [1.807, 2.05) is 42.5 Å². The van der Waals surface area contributed by atoms with Crippen molar-refractivity contribution >= 4 is 17.5 Å². The van der Waals surface area contributed by atoms with Gasteiger partial charge in [-0.05, 0) is 53.3 Å². The number of carbonyl (C=O) groups is 2. The number of rotatable bonds is 8. The van der Waals surface area contributed by atoms with Crippen molar-refractivity contribution in [1.82, 2.24) is 10.2 Å². The van der Waals surface area contributed by atoms with Gasteiger partial charge in [0, 0.05) is 19.0 Å². The fourth-order valence-corrected chi connectivity index (χ4v) is 5.88. The molecule has 226 valence electrons. The van der Waals surface area contributed by atoms with Crippen LogP contribution >= 0.6 is 0 Å². The van der Waals surface area contributed by atoms with Crippen molar-refractivity contribution in [2.75, 3.05) is 52.9 Å². The Morgan fingerprint density at radius 3 is 2.47 bits per heavy atom. The summed E-state index contributed by atoms with van der Waals surface area (Å²) in [6.07, 6.45) is 0.963. The standard InChI is InChI=1S/C33H37N3O7/c1-20(37)35-25-12-10-22-16-28(40-2)32(41-3)33(42-4)31(22)23-11-13-26(27(38)17-24(23)25)34-18-30(39)36-14-15-43-29(19-36)21-8-6-5-7-9-21/h5-9,11,13,16-17,25,29H,10,12,14-15,18-19H2,1-4H3,(H,34,38)(H,35,37)/t25-,29?/m0/s1. The molecule has 0 radical (unpaired) electrons. The molecule has 0 bridgehead atoms. The SMILES string of the molecule is COc1cc2c(c(OC)c1OC)-c1ccc(NCC(=O)N3CCOC(c4ccccc4)C3)c(=O)cc1[C@@H](NC(C)=O)CC2. The van der Waals surface area contributed by atoms with Crippen LogP contribution in [0.1, 0.15) is 42.2 Å². The lowest BCUT2D eigenvalue weighted by Crippen LogP contribution is -2.44. The van der Waals surface area contributed by atoms with Crippen molar-refractivity contribution in [3.8, 4) is 28.4 Å². The fraction of sp³-hybridized carbons (Fsp3) is 0.364. The number of morpholine rings is 1. The summed E-state index contributed by atoms with van der Waals surface area (Å²) >= 11 is 0. The molecule has 10 nitrogen and oxygen atoms in total. The van der Waals surface area contributed by atoms with Crippen molar-refractivity contribution < 1.29 is 28.5 Å². The number of nitrogens with one attached hydrogen (secondary N) is 2. The van der Waals surface area contributed by atoms with Gasteiger partial charge in [0.05, 0.1) is 52.8 Å². The first-order valence-corrected chi connectivity index (χ1v) is 14.3. The van der Waals surface area contributed by atoms with E-state index in [2.05, 4.69) is 10.6 Å². The normalized spacial score (nSPS) is 17.5. The highest BCUT2D eigenvalue weighted by atomic mass is 16.5. The molecule has 10 heteroatoms. The maximum Gasteiger partial charge on any atom is 0.242 e. The van der Waals surface area contributed by atoms with Crippen molar-refractivity contribution in [3.05, 3.63) is 81.5 Å². The molecule has 1 fully saturated rings. The Bertz CT molecular complexity index is 1560. The molecule has 3 aromatic carbocycles. The highest BCUT2D eigenvalue weighted by Gasteiger charge is 2.30. The molecule has 1 unspecified atom stereocenters. The first-order valence-electron chi connectivity index (χ1n) is 14.3. The third-order valence-corrected chi connectivity index (χ3v) is 7.94. The Morgan fingerprint density at radius 1 is 1.00 bits per heavy atom. The smallest absolute Gasteiger partial charge is 0.242 e. The highest BCUT2D eigenvalue weighted by Crippen LogP contribution is 2.50. The molecule has 0 saturated carbocycles. The third-order valence-electron chi connectivity index (χ3n) is 7.94. The highest BCUT2D eigenvalue weighted by molar-refractivity contribution is 5.84. The van der Waals surface area contributed by atoms with Crippen LogP contribution in [0.25, 0.3) is 11.1 Å². The Morgan fingerprint density at radius 2 is 1.77 bits per heavy atom. The molecule has 1 aliphatic carbocycles. The summed E-state index contributed by atoms with van der Waals surface area (Å²) in [5, 5.41) is 6.07. The van der Waals surface area contributed by atoms with E-state index in [0.717, 1.165) is 22.3 Å². The molecule has 0 spiro atoms. The summed E-state index contributed by atoms with van der Waals surface area (Å²) < 4.78 is 23.0. The van der Waals surface area contributed by atoms with Crippen LogP contribution in [0.15, 0.2) is 59.4 Å². The number of fused-ring (bicyclic) bond motifs is 3. The zero-order valence-corrected chi connectivity index (χ0v) is 24.9. The van der Waals surface area contributed by atoms with Gasteiger partial charge in [-0.25, -0.2) is 0 Å². The molecule has 2 aliphatic rings. The summed E-state index contributed by atoms with van der Waals surface area (Å²) in [6.45, 7) is 2.76. The number of nitrogens with zero attached hydrogens (tertiary/aromatic N) is 1. The van der Waals surface area contributed by atoms with Crippen LogP contribution in [-0.2, 0) is 20.7 Å². The largest absolute Gasteiger partial charge is 0.493 e. The second-order valence-corrected chi connectivity index (χ2v) is 10.6. The number of ether oxygens (including phenoxy) is 4. The molecular weight excluding hydrogens is 550 g/mol. The van der Waals surface area contributed by atoms with E-state index in [9.17, 15) is 14.4 Å². The zero-order valence-electron chi connectivity index (χ0n) is 24.9. The van der Waals surface area contributed by atoms with E-state index in [4.69, 9.17) is 18.9 Å². The number of methoxy groups -OCH3 is 3. The lowest BCUT2D eigenvalue weighted by atomic mass is 9.95. The van der Waals surface area contributed by atoms with Crippen LogP contribution in [0.5, 0.6) is 17.2 Å². The topological polar surface area (TPSA) is 115 Å². The van der Waals surface area contributed by atoms with Crippen molar-refractivity contribution in [1.29, 1.82) is 0 Å². The Hall–Kier alpha value is -4.57. The second kappa shape index (κ2) is 13.2. The summed E-state index contributed by atoms with van der Waals surface area (Å²) in [5.74, 6) is 1.11. The van der Waals surface area contributed by atoms with Gasteiger partial charge in [-0.3, -0.25) is 14.4 Å². The van der Waals surface area contributed by atoms with Gasteiger partial charge >= 0.3 is 0 Å². The summed E-state index contributed by atoms with van der Waals surface area (Å²) in [5.41, 5.74) is 4.08. The van der Waals surface area contributed by atoms with Crippen molar-refractivity contribution in [2.24, 2.45) is 0 Å². The first-order chi connectivity index (χ1) is 20.8. The van der Waals surface area contributed by atoms with Crippen LogP contribution < -0.4 is 30.3 Å². The zero-order chi connectivity index (χ0) is 30.5. The van der Waals surface area contributed by atoms with E-state index in [0.29, 0.717) is 55.4 Å². The van der Waals surface area contributed by atoms with Gasteiger partial charge in [0.15, 0.2) is 11.5 Å². The minimum absolute atomic E-state index is 0.0501.